The summed E-state index contributed by atoms with van der Waals surface area (Å²) in [6.07, 6.45) is 0. The monoisotopic (exact) mass is 267 g/mol. The summed E-state index contributed by atoms with van der Waals surface area (Å²) in [6.45, 7) is 5.50. The third-order valence-electron chi connectivity index (χ3n) is 2.75. The minimum absolute atomic E-state index is 0.0701. The minimum Gasteiger partial charge on any atom is -0.368 e. The highest BCUT2D eigenvalue weighted by Crippen LogP contribution is 2.22. The second-order valence-corrected chi connectivity index (χ2v) is 5.08. The van der Waals surface area contributed by atoms with Crippen LogP contribution in [0.25, 0.3) is 0 Å². The minimum atomic E-state index is -0.437. The number of nitrogens with zero attached hydrogens (tertiary/aromatic N) is 1. The number of likely N-dealkylation sites (N-methyl/N-ethyl adjacent to an activating group) is 1. The van der Waals surface area contributed by atoms with Crippen molar-refractivity contribution >= 4 is 11.6 Å². The van der Waals surface area contributed by atoms with Crippen molar-refractivity contribution in [3.63, 3.8) is 0 Å². The SMILES string of the molecule is CC(C)CNCc1c(F)cccc1N(C)CC(N)=O. The van der Waals surface area contributed by atoms with Gasteiger partial charge in [-0.2, -0.15) is 0 Å². The van der Waals surface area contributed by atoms with Crippen LogP contribution < -0.4 is 16.0 Å². The van der Waals surface area contributed by atoms with Gasteiger partial charge in [0.15, 0.2) is 0 Å². The molecular formula is C14H22FN3O. The summed E-state index contributed by atoms with van der Waals surface area (Å²) in [6, 6.07) is 4.85. The molecule has 0 saturated carbocycles. The van der Waals surface area contributed by atoms with Gasteiger partial charge in [0, 0.05) is 24.8 Å². The number of halogens is 1. The largest absolute Gasteiger partial charge is 0.368 e. The van der Waals surface area contributed by atoms with Gasteiger partial charge in [-0.3, -0.25) is 4.79 Å². The van der Waals surface area contributed by atoms with Gasteiger partial charge >= 0.3 is 0 Å². The van der Waals surface area contributed by atoms with E-state index in [-0.39, 0.29) is 12.4 Å². The quantitative estimate of drug-likeness (QED) is 0.787. The van der Waals surface area contributed by atoms with E-state index in [1.165, 1.54) is 6.07 Å². The molecule has 1 aromatic carbocycles. The first-order valence-corrected chi connectivity index (χ1v) is 6.39. The van der Waals surface area contributed by atoms with Crippen LogP contribution in [0.3, 0.4) is 0 Å². The fourth-order valence-electron chi connectivity index (χ4n) is 1.88. The first-order valence-electron chi connectivity index (χ1n) is 6.39. The molecule has 3 N–H and O–H groups in total. The lowest BCUT2D eigenvalue weighted by Gasteiger charge is -2.22. The second kappa shape index (κ2) is 7.09. The zero-order chi connectivity index (χ0) is 14.4. The molecule has 0 radical (unpaired) electrons. The van der Waals surface area contributed by atoms with Gasteiger partial charge in [0.05, 0.1) is 6.54 Å². The topological polar surface area (TPSA) is 58.4 Å². The predicted molar refractivity (Wildman–Crippen MR) is 75.4 cm³/mol. The van der Waals surface area contributed by atoms with Gasteiger partial charge in [-0.05, 0) is 24.6 Å². The zero-order valence-corrected chi connectivity index (χ0v) is 11.7. The molecule has 19 heavy (non-hydrogen) atoms. The van der Waals surface area contributed by atoms with Crippen LogP contribution in [0.1, 0.15) is 19.4 Å². The third-order valence-corrected chi connectivity index (χ3v) is 2.75. The molecule has 0 aliphatic carbocycles. The fourth-order valence-corrected chi connectivity index (χ4v) is 1.88. The van der Waals surface area contributed by atoms with E-state index < -0.39 is 5.91 Å². The number of nitrogens with two attached hydrogens (primary N) is 1. The normalized spacial score (nSPS) is 10.8. The molecule has 1 aromatic rings. The molecule has 0 unspecified atom stereocenters. The lowest BCUT2D eigenvalue weighted by molar-refractivity contribution is -0.116. The number of amides is 1. The summed E-state index contributed by atoms with van der Waals surface area (Å²) >= 11 is 0. The van der Waals surface area contributed by atoms with Crippen LogP contribution in [-0.2, 0) is 11.3 Å². The van der Waals surface area contributed by atoms with Crippen molar-refractivity contribution in [2.75, 3.05) is 25.0 Å². The van der Waals surface area contributed by atoms with E-state index >= 15 is 0 Å². The number of hydrogen-bond acceptors (Lipinski definition) is 3. The average molecular weight is 267 g/mol. The van der Waals surface area contributed by atoms with Crippen LogP contribution in [0.5, 0.6) is 0 Å². The molecule has 1 rings (SSSR count). The first-order chi connectivity index (χ1) is 8.91. The smallest absolute Gasteiger partial charge is 0.236 e. The van der Waals surface area contributed by atoms with Crippen LogP contribution in [0.2, 0.25) is 0 Å². The average Bonchev–Trinajstić information content (AvgIpc) is 2.29. The number of hydrogen-bond donors (Lipinski definition) is 2. The second-order valence-electron chi connectivity index (χ2n) is 5.08. The van der Waals surface area contributed by atoms with Crippen LogP contribution >= 0.6 is 0 Å². The fraction of sp³-hybridized carbons (Fsp3) is 0.500. The lowest BCUT2D eigenvalue weighted by atomic mass is 10.1. The maximum Gasteiger partial charge on any atom is 0.236 e. The van der Waals surface area contributed by atoms with Crippen molar-refractivity contribution in [1.29, 1.82) is 0 Å². The van der Waals surface area contributed by atoms with Crippen LogP contribution in [0.4, 0.5) is 10.1 Å². The van der Waals surface area contributed by atoms with Gasteiger partial charge in [0.2, 0.25) is 5.91 Å². The summed E-state index contributed by atoms with van der Waals surface area (Å²) in [5, 5.41) is 3.21. The molecule has 0 spiro atoms. The Morgan fingerprint density at radius 1 is 1.47 bits per heavy atom. The van der Waals surface area contributed by atoms with Gasteiger partial charge in [-0.1, -0.05) is 19.9 Å². The van der Waals surface area contributed by atoms with Crippen molar-refractivity contribution in [2.24, 2.45) is 11.7 Å². The number of carbonyl (C=O) groups excluding carboxylic acids is 1. The highest BCUT2D eigenvalue weighted by atomic mass is 19.1. The standard InChI is InChI=1S/C14H22FN3O/c1-10(2)7-17-8-11-12(15)5-4-6-13(11)18(3)9-14(16)19/h4-6,10,17H,7-9H2,1-3H3,(H2,16,19). The molecule has 0 fully saturated rings. The first kappa shape index (κ1) is 15.4. The Balaban J connectivity index is 2.85. The summed E-state index contributed by atoms with van der Waals surface area (Å²) in [7, 11) is 1.73. The molecule has 0 heterocycles. The number of primary amides is 1. The van der Waals surface area contributed by atoms with Gasteiger partial charge in [-0.25, -0.2) is 4.39 Å². The Bertz CT molecular complexity index is 435. The van der Waals surface area contributed by atoms with Crippen molar-refractivity contribution < 1.29 is 9.18 Å². The molecule has 0 bridgehead atoms. The van der Waals surface area contributed by atoms with E-state index in [0.29, 0.717) is 23.7 Å². The van der Waals surface area contributed by atoms with Crippen LogP contribution in [-0.4, -0.2) is 26.0 Å². The zero-order valence-electron chi connectivity index (χ0n) is 11.7. The van der Waals surface area contributed by atoms with Crippen molar-refractivity contribution in [3.8, 4) is 0 Å². The highest BCUT2D eigenvalue weighted by Gasteiger charge is 2.13. The predicted octanol–water partition coefficient (Wildman–Crippen LogP) is 1.49. The van der Waals surface area contributed by atoms with Gasteiger partial charge in [0.25, 0.3) is 0 Å². The maximum atomic E-state index is 13.9. The number of anilines is 1. The van der Waals surface area contributed by atoms with Gasteiger partial charge < -0.3 is 16.0 Å². The number of benzene rings is 1. The van der Waals surface area contributed by atoms with Crippen molar-refractivity contribution in [2.45, 2.75) is 20.4 Å². The molecule has 5 heteroatoms. The number of nitrogens with one attached hydrogen (secondary N) is 1. The molecular weight excluding hydrogens is 245 g/mol. The van der Waals surface area contributed by atoms with Gasteiger partial charge in [-0.15, -0.1) is 0 Å². The van der Waals surface area contributed by atoms with Crippen LogP contribution in [0, 0.1) is 11.7 Å². The summed E-state index contributed by atoms with van der Waals surface area (Å²) in [4.78, 5) is 12.6. The van der Waals surface area contributed by atoms with E-state index in [1.807, 2.05) is 0 Å². The number of rotatable bonds is 7. The summed E-state index contributed by atoms with van der Waals surface area (Å²) < 4.78 is 13.9. The highest BCUT2D eigenvalue weighted by molar-refractivity contribution is 5.79. The van der Waals surface area contributed by atoms with E-state index in [4.69, 9.17) is 5.73 Å². The molecule has 0 atom stereocenters. The van der Waals surface area contributed by atoms with E-state index in [2.05, 4.69) is 19.2 Å². The Labute approximate surface area is 113 Å². The van der Waals surface area contributed by atoms with E-state index in [0.717, 1.165) is 6.54 Å². The Morgan fingerprint density at radius 2 is 2.16 bits per heavy atom. The maximum absolute atomic E-state index is 13.9. The van der Waals surface area contributed by atoms with Crippen molar-refractivity contribution in [1.82, 2.24) is 5.32 Å². The Morgan fingerprint density at radius 3 is 2.74 bits per heavy atom. The molecule has 1 amide bonds. The molecule has 4 nitrogen and oxygen atoms in total. The molecule has 0 saturated heterocycles. The molecule has 0 aliphatic heterocycles. The van der Waals surface area contributed by atoms with E-state index in [9.17, 15) is 9.18 Å². The van der Waals surface area contributed by atoms with E-state index in [1.54, 1.807) is 24.1 Å². The van der Waals surface area contributed by atoms with Crippen LogP contribution in [0.15, 0.2) is 18.2 Å². The Hall–Kier alpha value is -1.62. The molecule has 0 aliphatic rings. The van der Waals surface area contributed by atoms with Gasteiger partial charge in [0.1, 0.15) is 5.82 Å². The molecule has 106 valence electrons. The summed E-state index contributed by atoms with van der Waals surface area (Å²) in [5.74, 6) is -0.212. The third kappa shape index (κ3) is 4.87. The molecule has 0 aromatic heterocycles. The number of carbonyl (C=O) groups is 1. The lowest BCUT2D eigenvalue weighted by Crippen LogP contribution is -2.32. The van der Waals surface area contributed by atoms with Crippen molar-refractivity contribution in [3.05, 3.63) is 29.6 Å². The Kier molecular flexibility index (Phi) is 5.76. The summed E-state index contributed by atoms with van der Waals surface area (Å²) in [5.41, 5.74) is 6.42.